The molecule has 0 aliphatic rings. The van der Waals surface area contributed by atoms with E-state index in [0.717, 1.165) is 11.5 Å². The molecule has 0 aliphatic carbocycles. The molecule has 0 bridgehead atoms. The van der Waals surface area contributed by atoms with E-state index >= 15 is 0 Å². The number of amides is 1. The van der Waals surface area contributed by atoms with Crippen molar-refractivity contribution in [2.45, 2.75) is 10.1 Å². The molecule has 2 aromatic carbocycles. The molecule has 0 atom stereocenters. The Morgan fingerprint density at radius 3 is 2.65 bits per heavy atom. The van der Waals surface area contributed by atoms with Gasteiger partial charge in [0.2, 0.25) is 10.3 Å². The van der Waals surface area contributed by atoms with Gasteiger partial charge in [-0.15, -0.1) is 0 Å². The number of anilines is 1. The van der Waals surface area contributed by atoms with E-state index in [-0.39, 0.29) is 26.4 Å². The van der Waals surface area contributed by atoms with Crippen LogP contribution in [-0.2, 0) is 14.9 Å². The Kier molecular flexibility index (Phi) is 7.29. The number of benzene rings is 2. The minimum absolute atomic E-state index is 0.000287. The van der Waals surface area contributed by atoms with Crippen molar-refractivity contribution in [1.29, 1.82) is 5.26 Å². The standard InChI is InChI=1S/C19H13ClN4O4S3/c1-29-19-23-18(30-24-19)22-17(25)13(11-21)9-12-7-8-16(15(20)10-12)28-31(26,27)14-5-3-2-4-6-14/h2-10H,1H3,(H,22,23,24,25). The Hall–Kier alpha value is -2.91. The molecule has 0 spiro atoms. The van der Waals surface area contributed by atoms with Gasteiger partial charge in [-0.05, 0) is 42.2 Å². The largest absolute Gasteiger partial charge is 0.377 e. The van der Waals surface area contributed by atoms with Crippen LogP contribution in [0.2, 0.25) is 5.02 Å². The topological polar surface area (TPSA) is 122 Å². The lowest BCUT2D eigenvalue weighted by Gasteiger charge is -2.09. The average molecular weight is 493 g/mol. The molecule has 8 nitrogen and oxygen atoms in total. The number of nitrogens with one attached hydrogen (secondary N) is 1. The smallest absolute Gasteiger partial charge is 0.339 e. The van der Waals surface area contributed by atoms with Crippen LogP contribution in [0.25, 0.3) is 6.08 Å². The summed E-state index contributed by atoms with van der Waals surface area (Å²) in [7, 11) is -4.05. The lowest BCUT2D eigenvalue weighted by atomic mass is 10.1. The van der Waals surface area contributed by atoms with Gasteiger partial charge in [-0.25, -0.2) is 0 Å². The number of carbonyl (C=O) groups excluding carboxylic acids is 1. The highest BCUT2D eigenvalue weighted by Gasteiger charge is 2.18. The summed E-state index contributed by atoms with van der Waals surface area (Å²) in [6.45, 7) is 0. The fourth-order valence-corrected chi connectivity index (χ4v) is 4.61. The van der Waals surface area contributed by atoms with E-state index in [9.17, 15) is 18.5 Å². The highest BCUT2D eigenvalue weighted by molar-refractivity contribution is 7.98. The Morgan fingerprint density at radius 2 is 2.03 bits per heavy atom. The van der Waals surface area contributed by atoms with E-state index in [1.165, 1.54) is 48.2 Å². The van der Waals surface area contributed by atoms with Crippen molar-refractivity contribution in [3.8, 4) is 11.8 Å². The minimum atomic E-state index is -4.05. The van der Waals surface area contributed by atoms with Gasteiger partial charge in [0.15, 0.2) is 5.75 Å². The number of rotatable bonds is 7. The first kappa shape index (κ1) is 22.8. The first-order valence-electron chi connectivity index (χ1n) is 8.42. The Balaban J connectivity index is 1.78. The average Bonchev–Trinajstić information content (AvgIpc) is 3.22. The molecule has 1 N–H and O–H groups in total. The first-order chi connectivity index (χ1) is 14.8. The third kappa shape index (κ3) is 5.83. The van der Waals surface area contributed by atoms with Crippen molar-refractivity contribution in [2.75, 3.05) is 11.6 Å². The van der Waals surface area contributed by atoms with Crippen LogP contribution in [0.15, 0.2) is 64.2 Å². The predicted molar refractivity (Wildman–Crippen MR) is 120 cm³/mol. The number of halogens is 1. The number of carbonyl (C=O) groups is 1. The van der Waals surface area contributed by atoms with Gasteiger partial charge < -0.3 is 4.18 Å². The van der Waals surface area contributed by atoms with Crippen LogP contribution in [-0.4, -0.2) is 29.9 Å². The lowest BCUT2D eigenvalue weighted by Crippen LogP contribution is -2.13. The van der Waals surface area contributed by atoms with Gasteiger partial charge in [0.1, 0.15) is 16.5 Å². The van der Waals surface area contributed by atoms with E-state index in [2.05, 4.69) is 14.7 Å². The zero-order chi connectivity index (χ0) is 22.4. The van der Waals surface area contributed by atoms with Gasteiger partial charge in [-0.2, -0.15) is 23.0 Å². The van der Waals surface area contributed by atoms with Gasteiger partial charge in [-0.3, -0.25) is 10.1 Å². The molecular weight excluding hydrogens is 480 g/mol. The predicted octanol–water partition coefficient (Wildman–Crippen LogP) is 4.23. The number of thioether (sulfide) groups is 1. The molecule has 3 aromatic rings. The molecule has 1 heterocycles. The maximum atomic E-state index is 12.3. The highest BCUT2D eigenvalue weighted by atomic mass is 35.5. The lowest BCUT2D eigenvalue weighted by molar-refractivity contribution is -0.112. The van der Waals surface area contributed by atoms with Crippen LogP contribution in [0.4, 0.5) is 5.13 Å². The van der Waals surface area contributed by atoms with E-state index in [1.54, 1.807) is 24.5 Å². The second kappa shape index (κ2) is 9.93. The minimum Gasteiger partial charge on any atom is -0.377 e. The summed E-state index contributed by atoms with van der Waals surface area (Å²) in [5, 5.41) is 12.6. The van der Waals surface area contributed by atoms with Crippen LogP contribution in [0, 0.1) is 11.3 Å². The zero-order valence-electron chi connectivity index (χ0n) is 15.8. The molecule has 0 saturated carbocycles. The Morgan fingerprint density at radius 1 is 1.29 bits per heavy atom. The molecular formula is C19H13ClN4O4S3. The van der Waals surface area contributed by atoms with Crippen molar-refractivity contribution in [2.24, 2.45) is 0 Å². The summed E-state index contributed by atoms with van der Waals surface area (Å²) in [4.78, 5) is 16.4. The van der Waals surface area contributed by atoms with Gasteiger partial charge in [0.25, 0.3) is 5.91 Å². The quantitative estimate of drug-likeness (QED) is 0.225. The van der Waals surface area contributed by atoms with Crippen molar-refractivity contribution in [3.63, 3.8) is 0 Å². The maximum Gasteiger partial charge on any atom is 0.339 e. The Bertz CT molecular complexity index is 1280. The maximum absolute atomic E-state index is 12.3. The fourth-order valence-electron chi connectivity index (χ4n) is 2.25. The molecule has 1 amide bonds. The van der Waals surface area contributed by atoms with Gasteiger partial charge >= 0.3 is 10.1 Å². The monoisotopic (exact) mass is 492 g/mol. The van der Waals surface area contributed by atoms with Crippen molar-refractivity contribution in [3.05, 3.63) is 64.7 Å². The summed E-state index contributed by atoms with van der Waals surface area (Å²) < 4.78 is 33.8. The molecule has 0 saturated heterocycles. The second-order valence-corrected chi connectivity index (χ2v) is 9.23. The molecule has 12 heteroatoms. The van der Waals surface area contributed by atoms with Crippen molar-refractivity contribution in [1.82, 2.24) is 9.36 Å². The van der Waals surface area contributed by atoms with Gasteiger partial charge in [0.05, 0.1) is 5.02 Å². The van der Waals surface area contributed by atoms with Crippen LogP contribution in [0.3, 0.4) is 0 Å². The van der Waals surface area contributed by atoms with Crippen LogP contribution < -0.4 is 9.50 Å². The number of hydrogen-bond acceptors (Lipinski definition) is 9. The normalized spacial score (nSPS) is 11.6. The third-order valence-electron chi connectivity index (χ3n) is 3.67. The second-order valence-electron chi connectivity index (χ2n) is 5.75. The van der Waals surface area contributed by atoms with Crippen molar-refractivity contribution < 1.29 is 17.4 Å². The molecule has 3 rings (SSSR count). The van der Waals surface area contributed by atoms with E-state index in [4.69, 9.17) is 15.8 Å². The summed E-state index contributed by atoms with van der Waals surface area (Å²) in [5.74, 6) is -0.738. The van der Waals surface area contributed by atoms with Crippen LogP contribution in [0.5, 0.6) is 5.75 Å². The highest BCUT2D eigenvalue weighted by Crippen LogP contribution is 2.29. The van der Waals surface area contributed by atoms with Gasteiger partial charge in [-0.1, -0.05) is 47.6 Å². The van der Waals surface area contributed by atoms with E-state index in [0.29, 0.717) is 10.7 Å². The fraction of sp³-hybridized carbons (Fsp3) is 0.0526. The molecule has 0 unspecified atom stereocenters. The van der Waals surface area contributed by atoms with E-state index < -0.39 is 16.0 Å². The Labute approximate surface area is 191 Å². The van der Waals surface area contributed by atoms with Gasteiger partial charge in [0, 0.05) is 11.5 Å². The number of hydrogen-bond donors (Lipinski definition) is 1. The molecule has 0 radical (unpaired) electrons. The first-order valence-corrected chi connectivity index (χ1v) is 12.2. The summed E-state index contributed by atoms with van der Waals surface area (Å²) in [6.07, 6.45) is 3.11. The number of aromatic nitrogens is 2. The molecule has 31 heavy (non-hydrogen) atoms. The van der Waals surface area contributed by atoms with E-state index in [1.807, 2.05) is 6.07 Å². The zero-order valence-corrected chi connectivity index (χ0v) is 19.0. The molecule has 0 aliphatic heterocycles. The SMILES string of the molecule is CSc1nsc(NC(=O)C(C#N)=Cc2ccc(OS(=O)(=O)c3ccccc3)c(Cl)c2)n1. The summed E-state index contributed by atoms with van der Waals surface area (Å²) in [6, 6.07) is 13.7. The summed E-state index contributed by atoms with van der Waals surface area (Å²) >= 11 is 8.48. The number of nitrogens with zero attached hydrogens (tertiary/aromatic N) is 3. The van der Waals surface area contributed by atoms with Crippen molar-refractivity contribution >= 4 is 62.1 Å². The summed E-state index contributed by atoms with van der Waals surface area (Å²) in [5.41, 5.74) is 0.214. The van der Waals surface area contributed by atoms with Crippen LogP contribution >= 0.6 is 34.9 Å². The number of nitriles is 1. The molecule has 0 fully saturated rings. The molecule has 158 valence electrons. The van der Waals surface area contributed by atoms with Crippen LogP contribution in [0.1, 0.15) is 5.56 Å². The molecule has 1 aromatic heterocycles. The third-order valence-corrected chi connectivity index (χ3v) is 6.51.